The predicted octanol–water partition coefficient (Wildman–Crippen LogP) is 1.24. The number of aryl methyl sites for hydroxylation is 2. The van der Waals surface area contributed by atoms with Gasteiger partial charge in [-0.1, -0.05) is 24.3 Å². The molecule has 0 atom stereocenters. The Balaban J connectivity index is 1.52. The van der Waals surface area contributed by atoms with Crippen LogP contribution in [0.4, 0.5) is 0 Å². The maximum Gasteiger partial charge on any atom is 0.276 e. The Bertz CT molecular complexity index is 1070. The molecule has 0 aliphatic carbocycles. The van der Waals surface area contributed by atoms with E-state index in [-0.39, 0.29) is 18.7 Å². The van der Waals surface area contributed by atoms with Crippen LogP contribution in [0.25, 0.3) is 10.8 Å². The molecule has 3 rings (SSSR count). The van der Waals surface area contributed by atoms with Crippen molar-refractivity contribution < 1.29 is 14.3 Å². The van der Waals surface area contributed by atoms with Gasteiger partial charge in [-0.25, -0.2) is 4.68 Å². The van der Waals surface area contributed by atoms with Crippen LogP contribution in [0, 0.1) is 13.8 Å². The summed E-state index contributed by atoms with van der Waals surface area (Å²) in [5.74, 6) is -0.526. The number of hydrogen-bond donors (Lipinski definition) is 2. The van der Waals surface area contributed by atoms with E-state index in [1.165, 1.54) is 6.20 Å². The molecule has 2 aromatic carbocycles. The van der Waals surface area contributed by atoms with Crippen LogP contribution >= 0.6 is 0 Å². The van der Waals surface area contributed by atoms with Crippen LogP contribution in [0.15, 0.2) is 53.5 Å². The zero-order valence-electron chi connectivity index (χ0n) is 15.6. The molecule has 8 nitrogen and oxygen atoms in total. The maximum atomic E-state index is 12.3. The minimum Gasteiger partial charge on any atom is -0.484 e. The topological polar surface area (TPSA) is 102 Å². The number of nitrogens with zero attached hydrogens (tertiary/aromatic N) is 2. The van der Waals surface area contributed by atoms with Crippen LogP contribution in [0.1, 0.15) is 11.1 Å². The van der Waals surface area contributed by atoms with Crippen LogP contribution in [-0.2, 0) is 16.1 Å². The fourth-order valence-corrected chi connectivity index (χ4v) is 2.76. The van der Waals surface area contributed by atoms with Gasteiger partial charge in [0.15, 0.2) is 6.61 Å². The summed E-state index contributed by atoms with van der Waals surface area (Å²) in [5, 5.41) is 5.14. The molecule has 0 bridgehead atoms. The number of ether oxygens (including phenoxy) is 1. The molecule has 8 heteroatoms. The lowest BCUT2D eigenvalue weighted by Gasteiger charge is -2.10. The van der Waals surface area contributed by atoms with E-state index in [0.717, 1.165) is 15.8 Å². The van der Waals surface area contributed by atoms with Crippen molar-refractivity contribution in [1.82, 2.24) is 20.6 Å². The number of carbonyl (C=O) groups is 2. The number of hydrogen-bond acceptors (Lipinski definition) is 5. The largest absolute Gasteiger partial charge is 0.484 e. The van der Waals surface area contributed by atoms with Crippen LogP contribution in [-0.4, -0.2) is 28.2 Å². The minimum absolute atomic E-state index is 0.253. The van der Waals surface area contributed by atoms with Crippen LogP contribution < -0.4 is 21.1 Å². The third-order valence-corrected chi connectivity index (χ3v) is 3.96. The summed E-state index contributed by atoms with van der Waals surface area (Å²) >= 11 is 0. The van der Waals surface area contributed by atoms with E-state index in [2.05, 4.69) is 16.0 Å². The zero-order valence-corrected chi connectivity index (χ0v) is 15.6. The van der Waals surface area contributed by atoms with Gasteiger partial charge >= 0.3 is 0 Å². The summed E-state index contributed by atoms with van der Waals surface area (Å²) in [5.41, 5.74) is 6.17. The van der Waals surface area contributed by atoms with Crippen LogP contribution in [0.2, 0.25) is 0 Å². The molecule has 0 radical (unpaired) electrons. The first kappa shape index (κ1) is 19.1. The third kappa shape index (κ3) is 4.73. The summed E-state index contributed by atoms with van der Waals surface area (Å²) in [6, 6.07) is 12.6. The molecule has 0 fully saturated rings. The van der Waals surface area contributed by atoms with Crippen molar-refractivity contribution in [2.45, 2.75) is 20.4 Å². The lowest BCUT2D eigenvalue weighted by atomic mass is 10.1. The standard InChI is InChI=1S/C20H20N4O4/c1-13-7-14(2)9-16(8-13)28-12-19(26)23-22-18(25)11-24-20(27)17-6-4-3-5-15(17)10-21-24/h3-10H,11-12H2,1-2H3,(H,22,25)(H,23,26). The average molecular weight is 380 g/mol. The van der Waals surface area contributed by atoms with Gasteiger partial charge in [0.05, 0.1) is 11.6 Å². The number of hydrazine groups is 1. The number of rotatable bonds is 5. The van der Waals surface area contributed by atoms with Crippen molar-refractivity contribution >= 4 is 22.6 Å². The monoisotopic (exact) mass is 380 g/mol. The molecule has 2 N–H and O–H groups in total. The average Bonchev–Trinajstić information content (AvgIpc) is 2.66. The van der Waals surface area contributed by atoms with Crippen molar-refractivity contribution in [2.24, 2.45) is 0 Å². The Kier molecular flexibility index (Phi) is 5.69. The summed E-state index contributed by atoms with van der Waals surface area (Å²) in [7, 11) is 0. The van der Waals surface area contributed by atoms with E-state index < -0.39 is 11.8 Å². The molecule has 2 amide bonds. The fourth-order valence-electron chi connectivity index (χ4n) is 2.76. The summed E-state index contributed by atoms with van der Waals surface area (Å²) in [6.45, 7) is 3.30. The second-order valence-electron chi connectivity index (χ2n) is 6.40. The van der Waals surface area contributed by atoms with Gasteiger partial charge in [-0.3, -0.25) is 25.2 Å². The minimum atomic E-state index is -0.579. The highest BCUT2D eigenvalue weighted by atomic mass is 16.5. The van der Waals surface area contributed by atoms with Crippen molar-refractivity contribution in [2.75, 3.05) is 6.61 Å². The molecule has 144 valence electrons. The van der Waals surface area contributed by atoms with Gasteiger partial charge in [-0.15, -0.1) is 0 Å². The Morgan fingerprint density at radius 1 is 1.04 bits per heavy atom. The van der Waals surface area contributed by atoms with Gasteiger partial charge in [0.25, 0.3) is 17.4 Å². The Morgan fingerprint density at radius 2 is 1.71 bits per heavy atom. The normalized spacial score (nSPS) is 10.5. The molecular formula is C20H20N4O4. The number of aromatic nitrogens is 2. The molecule has 0 aliphatic rings. The number of nitrogens with one attached hydrogen (secondary N) is 2. The molecule has 1 aromatic heterocycles. The first-order chi connectivity index (χ1) is 13.4. The summed E-state index contributed by atoms with van der Waals surface area (Å²) in [4.78, 5) is 36.2. The quantitative estimate of drug-likeness (QED) is 0.649. The van der Waals surface area contributed by atoms with Gasteiger partial charge in [0, 0.05) is 5.39 Å². The Morgan fingerprint density at radius 3 is 2.46 bits per heavy atom. The van der Waals surface area contributed by atoms with Gasteiger partial charge in [-0.2, -0.15) is 5.10 Å². The number of carbonyl (C=O) groups excluding carboxylic acids is 2. The smallest absolute Gasteiger partial charge is 0.276 e. The van der Waals surface area contributed by atoms with Crippen LogP contribution in [0.3, 0.4) is 0 Å². The third-order valence-electron chi connectivity index (χ3n) is 3.96. The molecular weight excluding hydrogens is 360 g/mol. The van der Waals surface area contributed by atoms with E-state index in [9.17, 15) is 14.4 Å². The summed E-state index contributed by atoms with van der Waals surface area (Å²) in [6.07, 6.45) is 1.51. The highest BCUT2D eigenvalue weighted by molar-refractivity contribution is 5.83. The van der Waals surface area contributed by atoms with E-state index in [4.69, 9.17) is 4.74 Å². The predicted molar refractivity (Wildman–Crippen MR) is 104 cm³/mol. The molecule has 0 spiro atoms. The summed E-state index contributed by atoms with van der Waals surface area (Å²) < 4.78 is 6.45. The van der Waals surface area contributed by atoms with Crippen molar-refractivity contribution in [1.29, 1.82) is 0 Å². The van der Waals surface area contributed by atoms with E-state index >= 15 is 0 Å². The lowest BCUT2D eigenvalue weighted by Crippen LogP contribution is -2.46. The van der Waals surface area contributed by atoms with Gasteiger partial charge < -0.3 is 4.74 Å². The molecule has 28 heavy (non-hydrogen) atoms. The molecule has 3 aromatic rings. The second-order valence-corrected chi connectivity index (χ2v) is 6.40. The fraction of sp³-hybridized carbons (Fsp3) is 0.200. The van der Waals surface area contributed by atoms with Crippen molar-refractivity contribution in [3.8, 4) is 5.75 Å². The van der Waals surface area contributed by atoms with E-state index in [1.807, 2.05) is 32.0 Å². The van der Waals surface area contributed by atoms with Crippen molar-refractivity contribution in [3.63, 3.8) is 0 Å². The lowest BCUT2D eigenvalue weighted by molar-refractivity contribution is -0.130. The molecule has 0 unspecified atom stereocenters. The highest BCUT2D eigenvalue weighted by Gasteiger charge is 2.10. The SMILES string of the molecule is Cc1cc(C)cc(OCC(=O)NNC(=O)Cn2ncc3ccccc3c2=O)c1. The number of fused-ring (bicyclic) bond motifs is 1. The number of amides is 2. The zero-order chi connectivity index (χ0) is 20.1. The van der Waals surface area contributed by atoms with E-state index in [0.29, 0.717) is 16.5 Å². The van der Waals surface area contributed by atoms with Gasteiger partial charge in [0.2, 0.25) is 0 Å². The molecule has 0 aliphatic heterocycles. The molecule has 1 heterocycles. The first-order valence-corrected chi connectivity index (χ1v) is 8.66. The molecule has 0 saturated carbocycles. The Labute approximate surface area is 161 Å². The number of benzene rings is 2. The second kappa shape index (κ2) is 8.34. The van der Waals surface area contributed by atoms with Gasteiger partial charge in [-0.05, 0) is 43.2 Å². The highest BCUT2D eigenvalue weighted by Crippen LogP contribution is 2.15. The maximum absolute atomic E-state index is 12.3. The molecule has 0 saturated heterocycles. The van der Waals surface area contributed by atoms with Crippen molar-refractivity contribution in [3.05, 3.63) is 70.1 Å². The first-order valence-electron chi connectivity index (χ1n) is 8.66. The van der Waals surface area contributed by atoms with E-state index in [1.54, 1.807) is 24.3 Å². The van der Waals surface area contributed by atoms with Gasteiger partial charge in [0.1, 0.15) is 12.3 Å². The van der Waals surface area contributed by atoms with Crippen LogP contribution in [0.5, 0.6) is 5.75 Å². The Hall–Kier alpha value is -3.68.